The summed E-state index contributed by atoms with van der Waals surface area (Å²) in [4.78, 5) is 2.24. The molecule has 2 rings (SSSR count). The molecular weight excluding hydrogens is 226 g/mol. The van der Waals surface area contributed by atoms with Crippen LogP contribution in [0.3, 0.4) is 0 Å². The van der Waals surface area contributed by atoms with Crippen molar-refractivity contribution in [2.75, 3.05) is 19.6 Å². The van der Waals surface area contributed by atoms with Crippen molar-refractivity contribution in [3.63, 3.8) is 0 Å². The molecule has 3 atom stereocenters. The van der Waals surface area contributed by atoms with Gasteiger partial charge in [-0.15, -0.1) is 0 Å². The van der Waals surface area contributed by atoms with Gasteiger partial charge in [-0.05, 0) is 38.3 Å². The Bertz CT molecular complexity index is 375. The number of aliphatic hydroxyl groups is 2. The molecule has 1 aliphatic heterocycles. The van der Waals surface area contributed by atoms with Crippen molar-refractivity contribution in [3.05, 3.63) is 35.9 Å². The van der Waals surface area contributed by atoms with Crippen LogP contribution in [0.25, 0.3) is 0 Å². The third kappa shape index (κ3) is 3.10. The van der Waals surface area contributed by atoms with Crippen LogP contribution in [0, 0.1) is 5.92 Å². The minimum atomic E-state index is -0.825. The van der Waals surface area contributed by atoms with Gasteiger partial charge in [0.2, 0.25) is 0 Å². The van der Waals surface area contributed by atoms with Crippen LogP contribution in [0.4, 0.5) is 0 Å². The second kappa shape index (κ2) is 5.39. The number of hydrogen-bond acceptors (Lipinski definition) is 3. The van der Waals surface area contributed by atoms with Crippen molar-refractivity contribution in [1.29, 1.82) is 0 Å². The quantitative estimate of drug-likeness (QED) is 0.852. The van der Waals surface area contributed by atoms with E-state index in [0.717, 1.165) is 25.1 Å². The Morgan fingerprint density at radius 3 is 2.61 bits per heavy atom. The summed E-state index contributed by atoms with van der Waals surface area (Å²) in [7, 11) is 0. The molecule has 2 N–H and O–H groups in total. The molecule has 3 heteroatoms. The fourth-order valence-electron chi connectivity index (χ4n) is 2.72. The largest absolute Gasteiger partial charge is 0.393 e. The molecule has 100 valence electrons. The molecule has 0 bridgehead atoms. The Morgan fingerprint density at radius 2 is 2.06 bits per heavy atom. The summed E-state index contributed by atoms with van der Waals surface area (Å²) < 4.78 is 0. The van der Waals surface area contributed by atoms with Gasteiger partial charge in [-0.25, -0.2) is 0 Å². The van der Waals surface area contributed by atoms with Gasteiger partial charge in [0.05, 0.1) is 11.7 Å². The molecule has 1 aromatic carbocycles. The van der Waals surface area contributed by atoms with E-state index in [9.17, 15) is 10.2 Å². The van der Waals surface area contributed by atoms with Crippen LogP contribution in [0.15, 0.2) is 30.3 Å². The first-order chi connectivity index (χ1) is 8.49. The lowest BCUT2D eigenvalue weighted by atomic mass is 9.95. The second-order valence-corrected chi connectivity index (χ2v) is 5.66. The number of hydrogen-bond donors (Lipinski definition) is 2. The Balaban J connectivity index is 1.97. The molecule has 0 aromatic heterocycles. The Kier molecular flexibility index (Phi) is 4.05. The van der Waals surface area contributed by atoms with Crippen molar-refractivity contribution in [2.24, 2.45) is 5.92 Å². The van der Waals surface area contributed by atoms with Gasteiger partial charge in [0.25, 0.3) is 0 Å². The zero-order valence-electron chi connectivity index (χ0n) is 11.2. The van der Waals surface area contributed by atoms with Crippen LogP contribution in [0.2, 0.25) is 0 Å². The van der Waals surface area contributed by atoms with Crippen molar-refractivity contribution >= 4 is 0 Å². The number of rotatable bonds is 4. The molecule has 1 fully saturated rings. The van der Waals surface area contributed by atoms with Gasteiger partial charge in [-0.2, -0.15) is 0 Å². The van der Waals surface area contributed by atoms with E-state index in [4.69, 9.17) is 0 Å². The highest BCUT2D eigenvalue weighted by atomic mass is 16.3. The molecule has 3 unspecified atom stereocenters. The molecule has 18 heavy (non-hydrogen) atoms. The minimum Gasteiger partial charge on any atom is -0.393 e. The van der Waals surface area contributed by atoms with Gasteiger partial charge >= 0.3 is 0 Å². The molecule has 0 spiro atoms. The van der Waals surface area contributed by atoms with Gasteiger partial charge in [-0.3, -0.25) is 4.90 Å². The fourth-order valence-corrected chi connectivity index (χ4v) is 2.72. The SMILES string of the molecule is CC(O)C1CCN(CC(C)(O)c2ccccc2)C1. The van der Waals surface area contributed by atoms with Gasteiger partial charge in [0.1, 0.15) is 0 Å². The first-order valence-electron chi connectivity index (χ1n) is 6.67. The van der Waals surface area contributed by atoms with E-state index in [0.29, 0.717) is 12.5 Å². The summed E-state index contributed by atoms with van der Waals surface area (Å²) in [6.07, 6.45) is 0.763. The predicted molar refractivity (Wildman–Crippen MR) is 72.2 cm³/mol. The standard InChI is InChI=1S/C15H23NO2/c1-12(17)13-8-9-16(10-13)11-15(2,18)14-6-4-3-5-7-14/h3-7,12-13,17-18H,8-11H2,1-2H3. The number of likely N-dealkylation sites (tertiary alicyclic amines) is 1. The third-order valence-electron chi connectivity index (χ3n) is 3.92. The highest BCUT2D eigenvalue weighted by Gasteiger charge is 2.32. The normalized spacial score (nSPS) is 25.9. The summed E-state index contributed by atoms with van der Waals surface area (Å²) >= 11 is 0. The summed E-state index contributed by atoms with van der Waals surface area (Å²) in [6, 6.07) is 9.78. The van der Waals surface area contributed by atoms with Crippen molar-refractivity contribution in [1.82, 2.24) is 4.90 Å². The molecule has 0 amide bonds. The summed E-state index contributed by atoms with van der Waals surface area (Å²) in [5.41, 5.74) is 0.125. The van der Waals surface area contributed by atoms with E-state index in [1.165, 1.54) is 0 Å². The van der Waals surface area contributed by atoms with Gasteiger partial charge < -0.3 is 10.2 Å². The first kappa shape index (κ1) is 13.5. The number of nitrogens with zero attached hydrogens (tertiary/aromatic N) is 1. The molecule has 1 saturated heterocycles. The van der Waals surface area contributed by atoms with Crippen molar-refractivity contribution in [3.8, 4) is 0 Å². The highest BCUT2D eigenvalue weighted by Crippen LogP contribution is 2.26. The highest BCUT2D eigenvalue weighted by molar-refractivity contribution is 5.21. The maximum Gasteiger partial charge on any atom is 0.0994 e. The first-order valence-corrected chi connectivity index (χ1v) is 6.67. The van der Waals surface area contributed by atoms with Crippen LogP contribution in [-0.2, 0) is 5.60 Å². The van der Waals surface area contributed by atoms with E-state index in [1.807, 2.05) is 44.2 Å². The topological polar surface area (TPSA) is 43.7 Å². The Labute approximate surface area is 109 Å². The number of benzene rings is 1. The average molecular weight is 249 g/mol. The van der Waals surface area contributed by atoms with Crippen LogP contribution >= 0.6 is 0 Å². The van der Waals surface area contributed by atoms with Crippen LogP contribution in [-0.4, -0.2) is 40.9 Å². The maximum absolute atomic E-state index is 10.6. The van der Waals surface area contributed by atoms with Crippen LogP contribution in [0.5, 0.6) is 0 Å². The molecule has 1 aliphatic rings. The van der Waals surface area contributed by atoms with E-state index in [1.54, 1.807) is 0 Å². The zero-order chi connectivity index (χ0) is 13.2. The average Bonchev–Trinajstić information content (AvgIpc) is 2.78. The second-order valence-electron chi connectivity index (χ2n) is 5.66. The van der Waals surface area contributed by atoms with Gasteiger partial charge in [0, 0.05) is 13.1 Å². The lowest BCUT2D eigenvalue weighted by Crippen LogP contribution is -2.38. The summed E-state index contributed by atoms with van der Waals surface area (Å²) in [5, 5.41) is 20.2. The fraction of sp³-hybridized carbons (Fsp3) is 0.600. The summed E-state index contributed by atoms with van der Waals surface area (Å²) in [6.45, 7) is 6.17. The minimum absolute atomic E-state index is 0.253. The molecule has 1 heterocycles. The molecule has 3 nitrogen and oxygen atoms in total. The van der Waals surface area contributed by atoms with Gasteiger partial charge in [-0.1, -0.05) is 30.3 Å². The van der Waals surface area contributed by atoms with Crippen LogP contribution in [0.1, 0.15) is 25.8 Å². The smallest absolute Gasteiger partial charge is 0.0994 e. The van der Waals surface area contributed by atoms with E-state index in [-0.39, 0.29) is 6.10 Å². The van der Waals surface area contributed by atoms with E-state index in [2.05, 4.69) is 4.90 Å². The molecular formula is C15H23NO2. The zero-order valence-corrected chi connectivity index (χ0v) is 11.2. The monoisotopic (exact) mass is 249 g/mol. The van der Waals surface area contributed by atoms with Crippen LogP contribution < -0.4 is 0 Å². The lowest BCUT2D eigenvalue weighted by molar-refractivity contribution is 0.0192. The third-order valence-corrected chi connectivity index (χ3v) is 3.92. The van der Waals surface area contributed by atoms with E-state index >= 15 is 0 Å². The Morgan fingerprint density at radius 1 is 1.39 bits per heavy atom. The van der Waals surface area contributed by atoms with E-state index < -0.39 is 5.60 Å². The predicted octanol–water partition coefficient (Wildman–Crippen LogP) is 1.60. The molecule has 0 radical (unpaired) electrons. The maximum atomic E-state index is 10.6. The van der Waals surface area contributed by atoms with Crippen molar-refractivity contribution < 1.29 is 10.2 Å². The lowest BCUT2D eigenvalue weighted by Gasteiger charge is -2.29. The number of β-amino-alcohol motifs (C(OH)–C–C–N with tert-alkyl or cyclic N) is 1. The molecule has 1 aromatic rings. The molecule has 0 aliphatic carbocycles. The summed E-state index contributed by atoms with van der Waals surface area (Å²) in [5.74, 6) is 0.344. The van der Waals surface area contributed by atoms with Gasteiger partial charge in [0.15, 0.2) is 0 Å². The Hall–Kier alpha value is -0.900. The molecule has 0 saturated carbocycles. The van der Waals surface area contributed by atoms with Crippen molar-refractivity contribution in [2.45, 2.75) is 32.0 Å². The number of aliphatic hydroxyl groups excluding tert-OH is 1.